The Hall–Kier alpha value is -2.17. The van der Waals surface area contributed by atoms with Crippen molar-refractivity contribution >= 4 is 5.97 Å². The first-order valence-electron chi connectivity index (χ1n) is 10.1. The Bertz CT molecular complexity index is 748. The molecule has 4 nitrogen and oxygen atoms in total. The van der Waals surface area contributed by atoms with Crippen LogP contribution >= 0.6 is 0 Å². The van der Waals surface area contributed by atoms with Gasteiger partial charge in [0.1, 0.15) is 5.75 Å². The number of nitrogens with zero attached hydrogens (tertiary/aromatic N) is 1. The Balaban J connectivity index is 2.46. The van der Waals surface area contributed by atoms with E-state index in [2.05, 4.69) is 44.7 Å². The smallest absolute Gasteiger partial charge is 0.308 e. The number of carbonyl (C=O) groups excluding carboxylic acids is 1. The molecule has 0 aliphatic heterocycles. The zero-order valence-electron chi connectivity index (χ0n) is 17.7. The van der Waals surface area contributed by atoms with E-state index in [0.29, 0.717) is 17.8 Å². The van der Waals surface area contributed by atoms with Gasteiger partial charge in [-0.15, -0.1) is 0 Å². The van der Waals surface area contributed by atoms with Crippen LogP contribution in [0.25, 0.3) is 0 Å². The Morgan fingerprint density at radius 2 is 1.68 bits per heavy atom. The van der Waals surface area contributed by atoms with Gasteiger partial charge in [0.05, 0.1) is 6.61 Å². The summed E-state index contributed by atoms with van der Waals surface area (Å²) in [5.41, 5.74) is 2.94. The third kappa shape index (κ3) is 5.91. The van der Waals surface area contributed by atoms with Crippen molar-refractivity contribution in [2.75, 3.05) is 6.54 Å². The summed E-state index contributed by atoms with van der Waals surface area (Å²) >= 11 is 0. The van der Waals surface area contributed by atoms with Crippen LogP contribution in [0.2, 0.25) is 0 Å². The molecule has 0 radical (unpaired) electrons. The van der Waals surface area contributed by atoms with E-state index in [1.54, 1.807) is 12.1 Å². The highest BCUT2D eigenvalue weighted by Gasteiger charge is 2.22. The minimum Gasteiger partial charge on any atom is -0.426 e. The van der Waals surface area contributed by atoms with Gasteiger partial charge in [-0.3, -0.25) is 9.69 Å². The fourth-order valence-electron chi connectivity index (χ4n) is 3.79. The van der Waals surface area contributed by atoms with Gasteiger partial charge in [-0.05, 0) is 63.9 Å². The molecular weight excluding hydrogens is 350 g/mol. The van der Waals surface area contributed by atoms with Crippen molar-refractivity contribution in [3.63, 3.8) is 0 Å². The average molecular weight is 384 g/mol. The fourth-order valence-corrected chi connectivity index (χ4v) is 3.79. The summed E-state index contributed by atoms with van der Waals surface area (Å²) in [7, 11) is 0. The van der Waals surface area contributed by atoms with E-state index in [-0.39, 0.29) is 18.5 Å². The first-order valence-corrected chi connectivity index (χ1v) is 10.1. The summed E-state index contributed by atoms with van der Waals surface area (Å²) < 4.78 is 5.51. The highest BCUT2D eigenvalue weighted by Crippen LogP contribution is 2.36. The molecule has 0 aliphatic carbocycles. The first-order chi connectivity index (χ1) is 13.3. The predicted octanol–water partition coefficient (Wildman–Crippen LogP) is 4.75. The van der Waals surface area contributed by atoms with Crippen LogP contribution in [0.5, 0.6) is 5.75 Å². The minimum atomic E-state index is -0.337. The second kappa shape index (κ2) is 10.4. The molecule has 2 rings (SSSR count). The Kier molecular flexibility index (Phi) is 8.21. The second-order valence-electron chi connectivity index (χ2n) is 7.80. The van der Waals surface area contributed by atoms with Gasteiger partial charge in [0, 0.05) is 30.5 Å². The summed E-state index contributed by atoms with van der Waals surface area (Å²) in [6.07, 6.45) is 0.892. The van der Waals surface area contributed by atoms with Crippen molar-refractivity contribution in [3.8, 4) is 5.75 Å². The molecule has 0 aromatic heterocycles. The Morgan fingerprint density at radius 3 is 2.21 bits per heavy atom. The van der Waals surface area contributed by atoms with Gasteiger partial charge in [0.25, 0.3) is 0 Å². The third-order valence-electron chi connectivity index (χ3n) is 5.09. The molecule has 0 unspecified atom stereocenters. The lowest BCUT2D eigenvalue weighted by Crippen LogP contribution is -2.38. The maximum absolute atomic E-state index is 11.6. The Morgan fingerprint density at radius 1 is 1.04 bits per heavy atom. The van der Waals surface area contributed by atoms with Crippen LogP contribution in [-0.2, 0) is 11.4 Å². The van der Waals surface area contributed by atoms with Crippen LogP contribution in [0, 0.1) is 0 Å². The van der Waals surface area contributed by atoms with Crippen molar-refractivity contribution in [2.45, 2.75) is 65.6 Å². The highest BCUT2D eigenvalue weighted by molar-refractivity contribution is 5.70. The lowest BCUT2D eigenvalue weighted by atomic mass is 9.86. The number of benzene rings is 2. The van der Waals surface area contributed by atoms with Crippen molar-refractivity contribution in [1.82, 2.24) is 4.90 Å². The van der Waals surface area contributed by atoms with Gasteiger partial charge in [0.2, 0.25) is 0 Å². The number of carbonyl (C=O) groups is 1. The van der Waals surface area contributed by atoms with E-state index in [9.17, 15) is 9.90 Å². The van der Waals surface area contributed by atoms with Gasteiger partial charge >= 0.3 is 5.97 Å². The van der Waals surface area contributed by atoms with Crippen LogP contribution in [0.1, 0.15) is 63.6 Å². The molecule has 0 bridgehead atoms. The summed E-state index contributed by atoms with van der Waals surface area (Å²) in [5.74, 6) is 0.303. The van der Waals surface area contributed by atoms with E-state index in [1.165, 1.54) is 12.5 Å². The molecule has 0 spiro atoms. The normalized spacial score (nSPS) is 12.6. The number of hydrogen-bond donors (Lipinski definition) is 1. The van der Waals surface area contributed by atoms with Gasteiger partial charge < -0.3 is 9.84 Å². The van der Waals surface area contributed by atoms with Crippen molar-refractivity contribution in [1.29, 1.82) is 0 Å². The number of aliphatic hydroxyl groups excluding tert-OH is 1. The molecule has 0 amide bonds. The lowest BCUT2D eigenvalue weighted by Gasteiger charge is -2.32. The lowest BCUT2D eigenvalue weighted by molar-refractivity contribution is -0.131. The van der Waals surface area contributed by atoms with Crippen molar-refractivity contribution in [2.24, 2.45) is 0 Å². The zero-order valence-corrected chi connectivity index (χ0v) is 17.7. The highest BCUT2D eigenvalue weighted by atomic mass is 16.5. The average Bonchev–Trinajstić information content (AvgIpc) is 2.65. The molecule has 4 heteroatoms. The molecule has 0 heterocycles. The van der Waals surface area contributed by atoms with E-state index in [1.807, 2.05) is 24.3 Å². The second-order valence-corrected chi connectivity index (χ2v) is 7.80. The van der Waals surface area contributed by atoms with E-state index >= 15 is 0 Å². The molecule has 2 aromatic carbocycles. The molecule has 0 saturated carbocycles. The van der Waals surface area contributed by atoms with Crippen LogP contribution < -0.4 is 4.74 Å². The summed E-state index contributed by atoms with van der Waals surface area (Å²) in [6.45, 7) is 11.2. The summed E-state index contributed by atoms with van der Waals surface area (Å²) in [5, 5.41) is 9.63. The number of ether oxygens (including phenoxy) is 1. The van der Waals surface area contributed by atoms with Gasteiger partial charge in [-0.1, -0.05) is 36.4 Å². The monoisotopic (exact) mass is 383 g/mol. The van der Waals surface area contributed by atoms with E-state index in [0.717, 1.165) is 24.1 Å². The molecule has 0 aliphatic rings. The molecule has 152 valence electrons. The zero-order chi connectivity index (χ0) is 20.7. The standard InChI is InChI=1S/C24H33NO3/c1-17(2)25(18(3)4)14-13-22(21-9-7-6-8-10-21)23-15-20(16-26)11-12-24(23)28-19(5)27/h6-12,15,17-18,22,26H,13-14,16H2,1-5H3/t22-/m1/s1. The van der Waals surface area contributed by atoms with Gasteiger partial charge in [-0.25, -0.2) is 0 Å². The topological polar surface area (TPSA) is 49.8 Å². The Labute approximate surface area is 169 Å². The summed E-state index contributed by atoms with van der Waals surface area (Å²) in [4.78, 5) is 14.1. The number of hydrogen-bond acceptors (Lipinski definition) is 4. The number of rotatable bonds is 9. The van der Waals surface area contributed by atoms with Crippen LogP contribution in [0.4, 0.5) is 0 Å². The van der Waals surface area contributed by atoms with Gasteiger partial charge in [0.15, 0.2) is 0 Å². The van der Waals surface area contributed by atoms with Crippen molar-refractivity contribution in [3.05, 3.63) is 65.2 Å². The molecule has 1 N–H and O–H groups in total. The molecule has 1 atom stereocenters. The first kappa shape index (κ1) is 22.1. The predicted molar refractivity (Wildman–Crippen MR) is 114 cm³/mol. The van der Waals surface area contributed by atoms with Crippen LogP contribution in [0.15, 0.2) is 48.5 Å². The largest absolute Gasteiger partial charge is 0.426 e. The van der Waals surface area contributed by atoms with E-state index in [4.69, 9.17) is 4.74 Å². The van der Waals surface area contributed by atoms with Crippen LogP contribution in [0.3, 0.4) is 0 Å². The SMILES string of the molecule is CC(=O)Oc1ccc(CO)cc1[C@H](CCN(C(C)C)C(C)C)c1ccccc1. The van der Waals surface area contributed by atoms with E-state index < -0.39 is 0 Å². The molecule has 2 aromatic rings. The summed E-state index contributed by atoms with van der Waals surface area (Å²) in [6, 6.07) is 16.8. The molecule has 28 heavy (non-hydrogen) atoms. The maximum atomic E-state index is 11.6. The molecular formula is C24H33NO3. The van der Waals surface area contributed by atoms with Crippen molar-refractivity contribution < 1.29 is 14.6 Å². The number of aliphatic hydroxyl groups is 1. The maximum Gasteiger partial charge on any atom is 0.308 e. The van der Waals surface area contributed by atoms with Crippen LogP contribution in [-0.4, -0.2) is 34.6 Å². The number of esters is 1. The van der Waals surface area contributed by atoms with Gasteiger partial charge in [-0.2, -0.15) is 0 Å². The molecule has 0 saturated heterocycles. The third-order valence-corrected chi connectivity index (χ3v) is 5.09. The fraction of sp³-hybridized carbons (Fsp3) is 0.458. The quantitative estimate of drug-likeness (QED) is 0.502. The molecule has 0 fully saturated rings. The minimum absolute atomic E-state index is 0.0427.